The van der Waals surface area contributed by atoms with Gasteiger partial charge in [0, 0.05) is 37.4 Å². The predicted molar refractivity (Wildman–Crippen MR) is 78.1 cm³/mol. The van der Waals surface area contributed by atoms with Crippen molar-refractivity contribution < 1.29 is 4.39 Å². The first kappa shape index (κ1) is 14.3. The number of anilines is 1. The van der Waals surface area contributed by atoms with E-state index in [-0.39, 0.29) is 11.4 Å². The fourth-order valence-electron chi connectivity index (χ4n) is 2.58. The summed E-state index contributed by atoms with van der Waals surface area (Å²) in [5.74, 6) is -0.153. The summed E-state index contributed by atoms with van der Waals surface area (Å²) < 4.78 is 13.7. The van der Waals surface area contributed by atoms with E-state index < -0.39 is 0 Å². The number of nitrogens with one attached hydrogen (secondary N) is 1. The van der Waals surface area contributed by atoms with E-state index in [1.807, 2.05) is 7.05 Å². The van der Waals surface area contributed by atoms with Crippen LogP contribution in [0.25, 0.3) is 0 Å². The van der Waals surface area contributed by atoms with Gasteiger partial charge in [-0.25, -0.2) is 4.39 Å². The highest BCUT2D eigenvalue weighted by atomic mass is 19.1. The molecule has 0 spiro atoms. The Morgan fingerprint density at radius 3 is 2.63 bits per heavy atom. The molecule has 1 aromatic rings. The van der Waals surface area contributed by atoms with Gasteiger partial charge < -0.3 is 10.2 Å². The average molecular weight is 265 g/mol. The summed E-state index contributed by atoms with van der Waals surface area (Å²) in [7, 11) is 4.03. The van der Waals surface area contributed by atoms with Gasteiger partial charge in [-0.05, 0) is 51.7 Å². The molecule has 1 aliphatic heterocycles. The Labute approximate surface area is 115 Å². The highest BCUT2D eigenvalue weighted by molar-refractivity contribution is 5.50. The van der Waals surface area contributed by atoms with Crippen molar-refractivity contribution in [1.29, 1.82) is 0 Å². The van der Waals surface area contributed by atoms with Crippen LogP contribution in [0.2, 0.25) is 0 Å². The van der Waals surface area contributed by atoms with Gasteiger partial charge in [0.2, 0.25) is 0 Å². The van der Waals surface area contributed by atoms with E-state index in [1.165, 1.54) is 0 Å². The van der Waals surface area contributed by atoms with Crippen LogP contribution < -0.4 is 10.2 Å². The Morgan fingerprint density at radius 2 is 2.00 bits per heavy atom. The smallest absolute Gasteiger partial charge is 0.125 e. The van der Waals surface area contributed by atoms with E-state index in [9.17, 15) is 4.39 Å². The normalized spacial score (nSPS) is 19.7. The van der Waals surface area contributed by atoms with Crippen LogP contribution in [0, 0.1) is 5.82 Å². The quantitative estimate of drug-likeness (QED) is 0.902. The molecule has 3 nitrogen and oxygen atoms in total. The lowest BCUT2D eigenvalue weighted by Crippen LogP contribution is -2.57. The Morgan fingerprint density at radius 1 is 1.26 bits per heavy atom. The van der Waals surface area contributed by atoms with Crippen molar-refractivity contribution in [3.8, 4) is 0 Å². The fourth-order valence-corrected chi connectivity index (χ4v) is 2.58. The van der Waals surface area contributed by atoms with Crippen LogP contribution in [0.5, 0.6) is 0 Å². The third-order valence-electron chi connectivity index (χ3n) is 4.00. The van der Waals surface area contributed by atoms with Crippen molar-refractivity contribution in [1.82, 2.24) is 10.2 Å². The second-order valence-electron chi connectivity index (χ2n) is 6.00. The topological polar surface area (TPSA) is 18.5 Å². The van der Waals surface area contributed by atoms with Gasteiger partial charge in [0.15, 0.2) is 0 Å². The molecule has 106 valence electrons. The molecule has 1 fully saturated rings. The van der Waals surface area contributed by atoms with Crippen LogP contribution in [-0.4, -0.2) is 44.2 Å². The molecule has 1 N–H and O–H groups in total. The van der Waals surface area contributed by atoms with Crippen LogP contribution in [0.1, 0.15) is 19.4 Å². The summed E-state index contributed by atoms with van der Waals surface area (Å²) >= 11 is 0. The third kappa shape index (κ3) is 3.25. The molecule has 4 heteroatoms. The van der Waals surface area contributed by atoms with Gasteiger partial charge in [0.25, 0.3) is 0 Å². The molecule has 0 aliphatic carbocycles. The second-order valence-corrected chi connectivity index (χ2v) is 6.00. The van der Waals surface area contributed by atoms with E-state index in [0.717, 1.165) is 30.9 Å². The molecule has 0 atom stereocenters. The van der Waals surface area contributed by atoms with Crippen LogP contribution in [0.3, 0.4) is 0 Å². The second kappa shape index (κ2) is 5.47. The lowest BCUT2D eigenvalue weighted by atomic mass is 9.99. The SMILES string of the molecule is CNCc1cc(F)cc(N2CCN(C)C(C)(C)C2)c1. The molecule has 1 heterocycles. The van der Waals surface area contributed by atoms with Gasteiger partial charge in [0.05, 0.1) is 0 Å². The van der Waals surface area contributed by atoms with Gasteiger partial charge >= 0.3 is 0 Å². The summed E-state index contributed by atoms with van der Waals surface area (Å²) in [5.41, 5.74) is 2.11. The van der Waals surface area contributed by atoms with Crippen molar-refractivity contribution in [3.05, 3.63) is 29.6 Å². The maximum absolute atomic E-state index is 13.7. The molecule has 0 amide bonds. The predicted octanol–water partition coefficient (Wildman–Crippen LogP) is 2.08. The molecule has 0 saturated carbocycles. The summed E-state index contributed by atoms with van der Waals surface area (Å²) in [6.45, 7) is 8.03. The molecule has 2 rings (SSSR count). The van der Waals surface area contributed by atoms with Gasteiger partial charge in [-0.2, -0.15) is 0 Å². The molecule has 1 aromatic carbocycles. The first-order valence-electron chi connectivity index (χ1n) is 6.82. The zero-order valence-electron chi connectivity index (χ0n) is 12.3. The first-order valence-corrected chi connectivity index (χ1v) is 6.82. The monoisotopic (exact) mass is 265 g/mol. The summed E-state index contributed by atoms with van der Waals surface area (Å²) in [6, 6.07) is 5.32. The van der Waals surface area contributed by atoms with Crippen molar-refractivity contribution in [2.75, 3.05) is 38.6 Å². The van der Waals surface area contributed by atoms with E-state index in [2.05, 4.69) is 42.1 Å². The Kier molecular flexibility index (Phi) is 4.11. The molecular weight excluding hydrogens is 241 g/mol. The maximum atomic E-state index is 13.7. The maximum Gasteiger partial charge on any atom is 0.125 e. The molecular formula is C15H24FN3. The molecule has 19 heavy (non-hydrogen) atoms. The number of halogens is 1. The van der Waals surface area contributed by atoms with Gasteiger partial charge in [-0.3, -0.25) is 4.90 Å². The van der Waals surface area contributed by atoms with Crippen LogP contribution in [0.15, 0.2) is 18.2 Å². The Hall–Kier alpha value is -1.13. The van der Waals surface area contributed by atoms with Crippen LogP contribution >= 0.6 is 0 Å². The Balaban J connectivity index is 2.22. The number of hydrogen-bond acceptors (Lipinski definition) is 3. The van der Waals surface area contributed by atoms with E-state index in [0.29, 0.717) is 6.54 Å². The van der Waals surface area contributed by atoms with Gasteiger partial charge in [-0.15, -0.1) is 0 Å². The van der Waals surface area contributed by atoms with Crippen molar-refractivity contribution in [2.45, 2.75) is 25.9 Å². The number of piperazine rings is 1. The lowest BCUT2D eigenvalue weighted by molar-refractivity contribution is 0.139. The lowest BCUT2D eigenvalue weighted by Gasteiger charge is -2.46. The van der Waals surface area contributed by atoms with Crippen molar-refractivity contribution in [3.63, 3.8) is 0 Å². The van der Waals surface area contributed by atoms with Crippen LogP contribution in [0.4, 0.5) is 10.1 Å². The number of likely N-dealkylation sites (N-methyl/N-ethyl adjacent to an activating group) is 1. The summed E-state index contributed by atoms with van der Waals surface area (Å²) in [4.78, 5) is 4.64. The largest absolute Gasteiger partial charge is 0.368 e. The van der Waals surface area contributed by atoms with Gasteiger partial charge in [-0.1, -0.05) is 0 Å². The summed E-state index contributed by atoms with van der Waals surface area (Å²) in [6.07, 6.45) is 0. The number of rotatable bonds is 3. The number of hydrogen-bond donors (Lipinski definition) is 1. The van der Waals surface area contributed by atoms with Gasteiger partial charge in [0.1, 0.15) is 5.82 Å². The molecule has 1 saturated heterocycles. The zero-order chi connectivity index (χ0) is 14.0. The van der Waals surface area contributed by atoms with Crippen LogP contribution in [-0.2, 0) is 6.54 Å². The minimum atomic E-state index is -0.153. The molecule has 1 aliphatic rings. The molecule has 0 radical (unpaired) electrons. The zero-order valence-corrected chi connectivity index (χ0v) is 12.3. The Bertz CT molecular complexity index is 445. The minimum absolute atomic E-state index is 0.119. The van der Waals surface area contributed by atoms with Crippen molar-refractivity contribution in [2.24, 2.45) is 0 Å². The molecule has 0 unspecified atom stereocenters. The third-order valence-corrected chi connectivity index (χ3v) is 4.00. The van der Waals surface area contributed by atoms with Crippen molar-refractivity contribution >= 4 is 5.69 Å². The highest BCUT2D eigenvalue weighted by Crippen LogP contribution is 2.26. The number of benzene rings is 1. The first-order chi connectivity index (χ1) is 8.92. The average Bonchev–Trinajstić information content (AvgIpc) is 2.32. The van der Waals surface area contributed by atoms with E-state index >= 15 is 0 Å². The number of nitrogens with zero attached hydrogens (tertiary/aromatic N) is 2. The summed E-state index contributed by atoms with van der Waals surface area (Å²) in [5, 5.41) is 3.07. The van der Waals surface area contributed by atoms with E-state index in [1.54, 1.807) is 12.1 Å². The molecule has 0 aromatic heterocycles. The molecule has 0 bridgehead atoms. The highest BCUT2D eigenvalue weighted by Gasteiger charge is 2.31. The standard InChI is InChI=1S/C15H24FN3/c1-15(2)11-19(6-5-18(15)4)14-8-12(10-17-3)7-13(16)9-14/h7-9,17H,5-6,10-11H2,1-4H3. The minimum Gasteiger partial charge on any atom is -0.368 e. The fraction of sp³-hybridized carbons (Fsp3) is 0.600. The van der Waals surface area contributed by atoms with E-state index in [4.69, 9.17) is 0 Å².